The molecule has 3 aromatic rings. The van der Waals surface area contributed by atoms with Crippen LogP contribution < -0.4 is 5.32 Å². The highest BCUT2D eigenvalue weighted by Gasteiger charge is 2.33. The molecule has 0 saturated heterocycles. The number of hydrogen-bond acceptors (Lipinski definition) is 4. The number of rotatable bonds is 7. The minimum absolute atomic E-state index is 0.162. The maximum Gasteiger partial charge on any atom is 0.258 e. The van der Waals surface area contributed by atoms with E-state index in [0.29, 0.717) is 16.7 Å². The molecule has 0 saturated carbocycles. The summed E-state index contributed by atoms with van der Waals surface area (Å²) >= 11 is 11.8. The van der Waals surface area contributed by atoms with Gasteiger partial charge < -0.3 is 14.7 Å². The van der Waals surface area contributed by atoms with Gasteiger partial charge in [-0.15, -0.1) is 0 Å². The van der Waals surface area contributed by atoms with Gasteiger partial charge in [0.1, 0.15) is 0 Å². The van der Waals surface area contributed by atoms with E-state index >= 15 is 0 Å². The van der Waals surface area contributed by atoms with Crippen molar-refractivity contribution in [1.29, 1.82) is 0 Å². The SMILES string of the molecule is CCCCN1C(=S)NC(c2ccc(CC)cc2)C(c2nc(-c3ccc(Cl)cc3)no2)=C1C. The van der Waals surface area contributed by atoms with Crippen molar-refractivity contribution in [3.63, 3.8) is 0 Å². The zero-order valence-corrected chi connectivity index (χ0v) is 20.1. The zero-order chi connectivity index (χ0) is 22.7. The summed E-state index contributed by atoms with van der Waals surface area (Å²) in [4.78, 5) is 6.88. The minimum atomic E-state index is -0.162. The highest BCUT2D eigenvalue weighted by molar-refractivity contribution is 7.80. The molecule has 0 radical (unpaired) electrons. The second-order valence-corrected chi connectivity index (χ2v) is 8.74. The first-order chi connectivity index (χ1) is 15.5. The summed E-state index contributed by atoms with van der Waals surface area (Å²) in [7, 11) is 0. The van der Waals surface area contributed by atoms with E-state index in [1.807, 2.05) is 24.3 Å². The van der Waals surface area contributed by atoms with Crippen LogP contribution in [0.1, 0.15) is 56.7 Å². The molecule has 1 aliphatic rings. The van der Waals surface area contributed by atoms with E-state index in [2.05, 4.69) is 60.4 Å². The number of allylic oxidation sites excluding steroid dienone is 1. The predicted octanol–water partition coefficient (Wildman–Crippen LogP) is 6.41. The van der Waals surface area contributed by atoms with Crippen molar-refractivity contribution in [3.05, 3.63) is 76.3 Å². The van der Waals surface area contributed by atoms with Crippen LogP contribution in [-0.2, 0) is 6.42 Å². The van der Waals surface area contributed by atoms with Crippen LogP contribution in [0.15, 0.2) is 58.8 Å². The Morgan fingerprint density at radius 1 is 1.09 bits per heavy atom. The van der Waals surface area contributed by atoms with Crippen LogP contribution in [0.2, 0.25) is 5.02 Å². The van der Waals surface area contributed by atoms with Gasteiger partial charge in [0.05, 0.1) is 11.6 Å². The Balaban J connectivity index is 1.77. The number of benzene rings is 2. The van der Waals surface area contributed by atoms with E-state index in [1.165, 1.54) is 5.56 Å². The van der Waals surface area contributed by atoms with Crippen molar-refractivity contribution < 1.29 is 4.52 Å². The molecule has 0 fully saturated rings. The van der Waals surface area contributed by atoms with E-state index < -0.39 is 0 Å². The van der Waals surface area contributed by atoms with Gasteiger partial charge in [-0.3, -0.25) is 0 Å². The normalized spacial score (nSPS) is 16.4. The monoisotopic (exact) mass is 466 g/mol. The summed E-state index contributed by atoms with van der Waals surface area (Å²) in [6.07, 6.45) is 3.13. The Morgan fingerprint density at radius 3 is 2.47 bits per heavy atom. The smallest absolute Gasteiger partial charge is 0.258 e. The lowest BCUT2D eigenvalue weighted by Gasteiger charge is -2.37. The fourth-order valence-electron chi connectivity index (χ4n) is 3.89. The van der Waals surface area contributed by atoms with Crippen LogP contribution >= 0.6 is 23.8 Å². The predicted molar refractivity (Wildman–Crippen MR) is 133 cm³/mol. The highest BCUT2D eigenvalue weighted by Crippen LogP contribution is 2.37. The molecule has 0 aliphatic carbocycles. The van der Waals surface area contributed by atoms with E-state index in [1.54, 1.807) is 0 Å². The van der Waals surface area contributed by atoms with E-state index in [0.717, 1.165) is 53.3 Å². The Morgan fingerprint density at radius 2 is 1.81 bits per heavy atom. The number of nitrogens with zero attached hydrogens (tertiary/aromatic N) is 3. The fraction of sp³-hybridized carbons (Fsp3) is 0.320. The lowest BCUT2D eigenvalue weighted by atomic mass is 9.93. The molecule has 2 heterocycles. The summed E-state index contributed by atoms with van der Waals surface area (Å²) in [6, 6.07) is 15.9. The maximum absolute atomic E-state index is 6.03. The van der Waals surface area contributed by atoms with Gasteiger partial charge in [0.2, 0.25) is 5.82 Å². The second kappa shape index (κ2) is 9.84. The Bertz CT molecular complexity index is 1120. The van der Waals surface area contributed by atoms with E-state index in [-0.39, 0.29) is 6.04 Å². The summed E-state index contributed by atoms with van der Waals surface area (Å²) in [5, 5.41) is 9.16. The van der Waals surface area contributed by atoms with Crippen LogP contribution in [0.3, 0.4) is 0 Å². The maximum atomic E-state index is 6.03. The van der Waals surface area contributed by atoms with Crippen molar-refractivity contribution in [3.8, 4) is 11.4 Å². The number of thiocarbonyl (C=S) groups is 1. The van der Waals surface area contributed by atoms with Gasteiger partial charge in [-0.25, -0.2) is 0 Å². The van der Waals surface area contributed by atoms with Crippen LogP contribution in [-0.4, -0.2) is 26.7 Å². The molecule has 1 aromatic heterocycles. The van der Waals surface area contributed by atoms with Crippen molar-refractivity contribution in [1.82, 2.24) is 20.4 Å². The molecule has 5 nitrogen and oxygen atoms in total. The number of aromatic nitrogens is 2. The summed E-state index contributed by atoms with van der Waals surface area (Å²) < 4.78 is 5.78. The topological polar surface area (TPSA) is 54.2 Å². The van der Waals surface area contributed by atoms with Crippen molar-refractivity contribution in [2.75, 3.05) is 6.54 Å². The third-order valence-electron chi connectivity index (χ3n) is 5.81. The first-order valence-corrected chi connectivity index (χ1v) is 11.8. The average molecular weight is 467 g/mol. The zero-order valence-electron chi connectivity index (χ0n) is 18.6. The lowest BCUT2D eigenvalue weighted by Crippen LogP contribution is -2.46. The van der Waals surface area contributed by atoms with Crippen LogP contribution in [0.4, 0.5) is 0 Å². The van der Waals surface area contributed by atoms with Gasteiger partial charge in [-0.1, -0.05) is 61.3 Å². The Hall–Kier alpha value is -2.70. The number of aryl methyl sites for hydroxylation is 1. The Kier molecular flexibility index (Phi) is 6.92. The molecular weight excluding hydrogens is 440 g/mol. The molecule has 0 spiro atoms. The number of hydrogen-bond donors (Lipinski definition) is 1. The van der Waals surface area contributed by atoms with Crippen molar-refractivity contribution in [2.45, 2.75) is 46.1 Å². The fourth-order valence-corrected chi connectivity index (χ4v) is 4.36. The molecule has 1 N–H and O–H groups in total. The molecule has 32 heavy (non-hydrogen) atoms. The van der Waals surface area contributed by atoms with Crippen LogP contribution in [0.25, 0.3) is 17.0 Å². The molecular formula is C25H27ClN4OS. The molecule has 1 unspecified atom stereocenters. The first-order valence-electron chi connectivity index (χ1n) is 11.0. The van der Waals surface area contributed by atoms with Gasteiger partial charge in [0, 0.05) is 22.8 Å². The van der Waals surface area contributed by atoms with Gasteiger partial charge in [-0.2, -0.15) is 4.98 Å². The van der Waals surface area contributed by atoms with E-state index in [4.69, 9.17) is 33.3 Å². The Labute approximate surface area is 199 Å². The van der Waals surface area contributed by atoms with Gasteiger partial charge >= 0.3 is 0 Å². The quantitative estimate of drug-likeness (QED) is 0.406. The average Bonchev–Trinajstić information content (AvgIpc) is 3.29. The van der Waals surface area contributed by atoms with Crippen LogP contribution in [0.5, 0.6) is 0 Å². The number of halogens is 1. The van der Waals surface area contributed by atoms with Gasteiger partial charge in [-0.05, 0) is 67.4 Å². The summed E-state index contributed by atoms with van der Waals surface area (Å²) in [5.74, 6) is 1.03. The van der Waals surface area contributed by atoms with Crippen molar-refractivity contribution >= 4 is 34.5 Å². The molecule has 4 rings (SSSR count). The first kappa shape index (κ1) is 22.5. The number of nitrogens with one attached hydrogen (secondary N) is 1. The second-order valence-electron chi connectivity index (χ2n) is 7.91. The third-order valence-corrected chi connectivity index (χ3v) is 6.40. The van der Waals surface area contributed by atoms with Gasteiger partial charge in [0.15, 0.2) is 5.11 Å². The molecule has 1 aliphatic heterocycles. The van der Waals surface area contributed by atoms with Gasteiger partial charge in [0.25, 0.3) is 5.89 Å². The standard InChI is InChI=1S/C25H27ClN4OS/c1-4-6-15-30-16(3)21(22(27-25(30)32)18-9-7-17(5-2)8-10-18)24-28-23(29-31-24)19-11-13-20(26)14-12-19/h7-14,22H,4-6,15H2,1-3H3,(H,27,32). The summed E-state index contributed by atoms with van der Waals surface area (Å²) in [6.45, 7) is 7.25. The summed E-state index contributed by atoms with van der Waals surface area (Å²) in [5.41, 5.74) is 5.25. The molecule has 0 amide bonds. The molecule has 0 bridgehead atoms. The van der Waals surface area contributed by atoms with Crippen LogP contribution in [0, 0.1) is 0 Å². The molecule has 1 atom stereocenters. The van der Waals surface area contributed by atoms with E-state index in [9.17, 15) is 0 Å². The lowest BCUT2D eigenvalue weighted by molar-refractivity contribution is 0.395. The minimum Gasteiger partial charge on any atom is -0.351 e. The third kappa shape index (κ3) is 4.57. The highest BCUT2D eigenvalue weighted by atomic mass is 35.5. The molecule has 166 valence electrons. The molecule has 7 heteroatoms. The largest absolute Gasteiger partial charge is 0.351 e. The molecule has 2 aromatic carbocycles. The van der Waals surface area contributed by atoms with Crippen molar-refractivity contribution in [2.24, 2.45) is 0 Å². The number of unbranched alkanes of at least 4 members (excludes halogenated alkanes) is 1.